The van der Waals surface area contributed by atoms with E-state index in [0.29, 0.717) is 18.7 Å². The topological polar surface area (TPSA) is 50.8 Å². The number of carbonyl (C=O) groups is 1. The van der Waals surface area contributed by atoms with Crippen LogP contribution in [0, 0.1) is 5.82 Å². The van der Waals surface area contributed by atoms with E-state index in [-0.39, 0.29) is 18.4 Å². The van der Waals surface area contributed by atoms with Gasteiger partial charge in [0.2, 0.25) is 0 Å². The maximum absolute atomic E-state index is 13.4. The third-order valence-electron chi connectivity index (χ3n) is 2.95. The number of ether oxygens (including phenoxy) is 2. The molecule has 0 bridgehead atoms. The lowest BCUT2D eigenvalue weighted by atomic mass is 10.2. The molecule has 1 aliphatic rings. The van der Waals surface area contributed by atoms with Crippen molar-refractivity contribution < 1.29 is 18.7 Å². The van der Waals surface area contributed by atoms with Gasteiger partial charge in [-0.05, 0) is 17.7 Å². The van der Waals surface area contributed by atoms with Gasteiger partial charge in [-0.25, -0.2) is 9.18 Å². The van der Waals surface area contributed by atoms with Crippen molar-refractivity contribution in [3.8, 4) is 5.75 Å². The lowest BCUT2D eigenvalue weighted by Crippen LogP contribution is -2.46. The third-order valence-corrected chi connectivity index (χ3v) is 2.95. The summed E-state index contributed by atoms with van der Waals surface area (Å²) in [4.78, 5) is 13.4. The van der Waals surface area contributed by atoms with E-state index in [1.54, 1.807) is 11.0 Å². The van der Waals surface area contributed by atoms with E-state index >= 15 is 0 Å². The molecule has 6 heteroatoms. The molecule has 1 aliphatic heterocycles. The highest BCUT2D eigenvalue weighted by Gasteiger charge is 2.17. The number of nitrogens with one attached hydrogen (secondary N) is 1. The zero-order valence-electron chi connectivity index (χ0n) is 10.8. The highest BCUT2D eigenvalue weighted by atomic mass is 19.1. The molecule has 1 amide bonds. The molecular formula is C13H17FN2O3. The van der Waals surface area contributed by atoms with E-state index in [2.05, 4.69) is 5.32 Å². The minimum Gasteiger partial charge on any atom is -0.494 e. The van der Waals surface area contributed by atoms with Gasteiger partial charge >= 0.3 is 6.09 Å². The third kappa shape index (κ3) is 3.57. The lowest BCUT2D eigenvalue weighted by Gasteiger charge is -2.26. The summed E-state index contributed by atoms with van der Waals surface area (Å²) < 4.78 is 23.4. The second-order valence-electron chi connectivity index (χ2n) is 4.26. The molecule has 5 nitrogen and oxygen atoms in total. The number of amides is 1. The van der Waals surface area contributed by atoms with Crippen LogP contribution in [0.15, 0.2) is 18.2 Å². The van der Waals surface area contributed by atoms with Gasteiger partial charge in [-0.3, -0.25) is 0 Å². The first-order chi connectivity index (χ1) is 9.20. The van der Waals surface area contributed by atoms with Crippen LogP contribution in [-0.2, 0) is 11.3 Å². The van der Waals surface area contributed by atoms with Crippen LogP contribution in [0.4, 0.5) is 9.18 Å². The van der Waals surface area contributed by atoms with Gasteiger partial charge in [-0.15, -0.1) is 0 Å². The van der Waals surface area contributed by atoms with Crippen LogP contribution >= 0.6 is 0 Å². The van der Waals surface area contributed by atoms with E-state index in [1.807, 2.05) is 0 Å². The van der Waals surface area contributed by atoms with Crippen molar-refractivity contribution >= 4 is 6.09 Å². The normalized spacial score (nSPS) is 15.2. The Morgan fingerprint density at radius 1 is 1.42 bits per heavy atom. The molecule has 1 N–H and O–H groups in total. The monoisotopic (exact) mass is 268 g/mol. The van der Waals surface area contributed by atoms with Gasteiger partial charge in [0.1, 0.15) is 6.61 Å². The fourth-order valence-corrected chi connectivity index (χ4v) is 1.88. The zero-order valence-corrected chi connectivity index (χ0v) is 10.8. The van der Waals surface area contributed by atoms with E-state index in [9.17, 15) is 9.18 Å². The van der Waals surface area contributed by atoms with Crippen LogP contribution in [0.5, 0.6) is 5.75 Å². The molecule has 1 aromatic carbocycles. The van der Waals surface area contributed by atoms with Gasteiger partial charge in [-0.2, -0.15) is 0 Å². The Balaban J connectivity index is 1.87. The summed E-state index contributed by atoms with van der Waals surface area (Å²) in [6, 6.07) is 4.50. The Morgan fingerprint density at radius 2 is 2.16 bits per heavy atom. The van der Waals surface area contributed by atoms with Crippen molar-refractivity contribution in [1.29, 1.82) is 0 Å². The number of benzene rings is 1. The smallest absolute Gasteiger partial charge is 0.410 e. The Morgan fingerprint density at radius 3 is 2.79 bits per heavy atom. The predicted molar refractivity (Wildman–Crippen MR) is 67.6 cm³/mol. The van der Waals surface area contributed by atoms with Crippen molar-refractivity contribution in [2.45, 2.75) is 6.61 Å². The maximum atomic E-state index is 13.4. The molecule has 1 heterocycles. The van der Waals surface area contributed by atoms with E-state index in [1.165, 1.54) is 19.2 Å². The van der Waals surface area contributed by atoms with Crippen LogP contribution in [0.1, 0.15) is 5.56 Å². The summed E-state index contributed by atoms with van der Waals surface area (Å²) in [6.45, 7) is 2.87. The first kappa shape index (κ1) is 13.6. The minimum absolute atomic E-state index is 0.0592. The number of halogens is 1. The molecule has 0 atom stereocenters. The molecule has 0 aromatic heterocycles. The number of carbonyl (C=O) groups excluding carboxylic acids is 1. The van der Waals surface area contributed by atoms with E-state index in [0.717, 1.165) is 13.1 Å². The second-order valence-corrected chi connectivity index (χ2v) is 4.26. The quantitative estimate of drug-likeness (QED) is 0.899. The van der Waals surface area contributed by atoms with Gasteiger partial charge in [0.05, 0.1) is 7.11 Å². The number of nitrogens with zero attached hydrogens (tertiary/aromatic N) is 1. The van der Waals surface area contributed by atoms with Gasteiger partial charge in [0, 0.05) is 26.2 Å². The van der Waals surface area contributed by atoms with Gasteiger partial charge in [-0.1, -0.05) is 6.07 Å². The standard InChI is InChI=1S/C13H17FN2O3/c1-18-12-3-2-10(8-11(12)14)9-19-13(17)16-6-4-15-5-7-16/h2-3,8,15H,4-7,9H2,1H3. The first-order valence-corrected chi connectivity index (χ1v) is 6.15. The Labute approximate surface area is 111 Å². The van der Waals surface area contributed by atoms with Crippen LogP contribution in [0.25, 0.3) is 0 Å². The van der Waals surface area contributed by atoms with Gasteiger partial charge in [0.25, 0.3) is 0 Å². The van der Waals surface area contributed by atoms with Crippen LogP contribution in [-0.4, -0.2) is 44.3 Å². The molecular weight excluding hydrogens is 251 g/mol. The molecule has 0 spiro atoms. The summed E-state index contributed by atoms with van der Waals surface area (Å²) in [5.74, 6) is -0.282. The SMILES string of the molecule is COc1ccc(COC(=O)N2CCNCC2)cc1F. The molecule has 2 rings (SSSR count). The summed E-state index contributed by atoms with van der Waals surface area (Å²) in [5, 5.41) is 3.15. The van der Waals surface area contributed by atoms with Crippen LogP contribution in [0.3, 0.4) is 0 Å². The fraction of sp³-hybridized carbons (Fsp3) is 0.462. The summed E-state index contributed by atoms with van der Waals surface area (Å²) >= 11 is 0. The molecule has 19 heavy (non-hydrogen) atoms. The van der Waals surface area contributed by atoms with Crippen LogP contribution in [0.2, 0.25) is 0 Å². The van der Waals surface area contributed by atoms with Crippen molar-refractivity contribution in [3.63, 3.8) is 0 Å². The molecule has 104 valence electrons. The number of rotatable bonds is 3. The van der Waals surface area contributed by atoms with E-state index < -0.39 is 5.82 Å². The molecule has 1 saturated heterocycles. The van der Waals surface area contributed by atoms with Crippen molar-refractivity contribution in [1.82, 2.24) is 10.2 Å². The highest BCUT2D eigenvalue weighted by Crippen LogP contribution is 2.18. The Hall–Kier alpha value is -1.82. The number of piperazine rings is 1. The summed E-state index contributed by atoms with van der Waals surface area (Å²) in [6.07, 6.45) is -0.363. The summed E-state index contributed by atoms with van der Waals surface area (Å²) in [5.41, 5.74) is 0.599. The highest BCUT2D eigenvalue weighted by molar-refractivity contribution is 5.67. The first-order valence-electron chi connectivity index (χ1n) is 6.15. The van der Waals surface area contributed by atoms with Crippen molar-refractivity contribution in [2.24, 2.45) is 0 Å². The maximum Gasteiger partial charge on any atom is 0.410 e. The second kappa shape index (κ2) is 6.38. The summed E-state index contributed by atoms with van der Waals surface area (Å²) in [7, 11) is 1.41. The zero-order chi connectivity index (χ0) is 13.7. The largest absolute Gasteiger partial charge is 0.494 e. The molecule has 0 radical (unpaired) electrons. The number of hydrogen-bond acceptors (Lipinski definition) is 4. The Bertz CT molecular complexity index is 448. The van der Waals surface area contributed by atoms with Gasteiger partial charge < -0.3 is 19.7 Å². The van der Waals surface area contributed by atoms with Crippen molar-refractivity contribution in [3.05, 3.63) is 29.6 Å². The molecule has 0 aliphatic carbocycles. The molecule has 1 fully saturated rings. The van der Waals surface area contributed by atoms with Crippen LogP contribution < -0.4 is 10.1 Å². The molecule has 0 saturated carbocycles. The molecule has 1 aromatic rings. The molecule has 0 unspecified atom stereocenters. The van der Waals surface area contributed by atoms with Crippen molar-refractivity contribution in [2.75, 3.05) is 33.3 Å². The number of methoxy groups -OCH3 is 1. The van der Waals surface area contributed by atoms with Gasteiger partial charge in [0.15, 0.2) is 11.6 Å². The fourth-order valence-electron chi connectivity index (χ4n) is 1.88. The Kier molecular flexibility index (Phi) is 4.57. The lowest BCUT2D eigenvalue weighted by molar-refractivity contribution is 0.0917. The van der Waals surface area contributed by atoms with E-state index in [4.69, 9.17) is 9.47 Å². The average Bonchev–Trinajstić information content (AvgIpc) is 2.46. The minimum atomic E-state index is -0.460. The number of hydrogen-bond donors (Lipinski definition) is 1. The predicted octanol–water partition coefficient (Wildman–Crippen LogP) is 1.38. The average molecular weight is 268 g/mol.